The predicted molar refractivity (Wildman–Crippen MR) is 69.3 cm³/mol. The summed E-state index contributed by atoms with van der Waals surface area (Å²) in [5, 5.41) is 13.8. The van der Waals surface area contributed by atoms with E-state index in [0.717, 1.165) is 19.0 Å². The molecule has 0 fully saturated rings. The molecule has 0 bridgehead atoms. The van der Waals surface area contributed by atoms with Crippen LogP contribution in [0, 0.1) is 15.9 Å². The van der Waals surface area contributed by atoms with Gasteiger partial charge >= 0.3 is 5.69 Å². The molecule has 1 aromatic rings. The van der Waals surface area contributed by atoms with E-state index in [2.05, 4.69) is 5.32 Å². The zero-order valence-corrected chi connectivity index (χ0v) is 10.8. The molecule has 0 saturated heterocycles. The molecule has 0 aliphatic carbocycles. The smallest absolute Gasteiger partial charge is 0.327 e. The van der Waals surface area contributed by atoms with Gasteiger partial charge in [-0.15, -0.1) is 0 Å². The quantitative estimate of drug-likeness (QED) is 0.626. The summed E-state index contributed by atoms with van der Waals surface area (Å²) in [7, 11) is 3.91. The third kappa shape index (κ3) is 3.96. The molecule has 0 aromatic heterocycles. The van der Waals surface area contributed by atoms with Crippen molar-refractivity contribution in [2.75, 3.05) is 26.0 Å². The zero-order chi connectivity index (χ0) is 13.7. The first-order chi connectivity index (χ1) is 8.41. The highest BCUT2D eigenvalue weighted by Crippen LogP contribution is 2.27. The number of anilines is 1. The lowest BCUT2D eigenvalue weighted by Gasteiger charge is -2.17. The summed E-state index contributed by atoms with van der Waals surface area (Å²) in [5.74, 6) is -0.815. The number of nitrogens with one attached hydrogen (secondary N) is 1. The number of hydrogen-bond donors (Lipinski definition) is 1. The first-order valence-corrected chi connectivity index (χ1v) is 5.76. The van der Waals surface area contributed by atoms with Crippen molar-refractivity contribution in [2.45, 2.75) is 19.4 Å². The van der Waals surface area contributed by atoms with Crippen LogP contribution in [0.15, 0.2) is 18.2 Å². The highest BCUT2D eigenvalue weighted by atomic mass is 19.1. The number of nitrogens with zero attached hydrogens (tertiary/aromatic N) is 2. The number of nitro groups is 1. The van der Waals surface area contributed by atoms with E-state index in [-0.39, 0.29) is 11.7 Å². The molecule has 1 unspecified atom stereocenters. The third-order valence-electron chi connectivity index (χ3n) is 2.58. The van der Waals surface area contributed by atoms with Crippen molar-refractivity contribution in [1.29, 1.82) is 0 Å². The second-order valence-electron chi connectivity index (χ2n) is 4.53. The second kappa shape index (κ2) is 6.30. The van der Waals surface area contributed by atoms with E-state index < -0.39 is 16.4 Å². The fraction of sp³-hybridized carbons (Fsp3) is 0.500. The molecule has 6 heteroatoms. The van der Waals surface area contributed by atoms with Crippen molar-refractivity contribution in [3.8, 4) is 0 Å². The Kier molecular flexibility index (Phi) is 5.03. The van der Waals surface area contributed by atoms with Gasteiger partial charge in [-0.2, -0.15) is 4.39 Å². The molecule has 0 heterocycles. The highest BCUT2D eigenvalue weighted by molar-refractivity contribution is 5.62. The molecule has 5 nitrogen and oxygen atoms in total. The summed E-state index contributed by atoms with van der Waals surface area (Å²) in [4.78, 5) is 12.1. The molecule has 1 N–H and O–H groups in total. The van der Waals surface area contributed by atoms with Gasteiger partial charge in [0.1, 0.15) is 5.69 Å². The van der Waals surface area contributed by atoms with Crippen LogP contribution in [0.25, 0.3) is 0 Å². The maximum atomic E-state index is 13.4. The largest absolute Gasteiger partial charge is 0.377 e. The van der Waals surface area contributed by atoms with E-state index in [4.69, 9.17) is 0 Å². The number of halogens is 1. The van der Waals surface area contributed by atoms with Crippen molar-refractivity contribution in [3.05, 3.63) is 34.1 Å². The van der Waals surface area contributed by atoms with Crippen molar-refractivity contribution < 1.29 is 9.31 Å². The number of benzene rings is 1. The molecule has 0 radical (unpaired) electrons. The van der Waals surface area contributed by atoms with Crippen LogP contribution < -0.4 is 5.32 Å². The van der Waals surface area contributed by atoms with E-state index in [1.54, 1.807) is 0 Å². The van der Waals surface area contributed by atoms with Gasteiger partial charge in [0, 0.05) is 6.04 Å². The van der Waals surface area contributed by atoms with Crippen LogP contribution in [-0.4, -0.2) is 36.5 Å². The van der Waals surface area contributed by atoms with Gasteiger partial charge < -0.3 is 10.2 Å². The van der Waals surface area contributed by atoms with Crippen LogP contribution in [-0.2, 0) is 0 Å². The molecule has 0 aliphatic rings. The average Bonchev–Trinajstić information content (AvgIpc) is 2.26. The first kappa shape index (κ1) is 14.4. The molecule has 0 spiro atoms. The monoisotopic (exact) mass is 255 g/mol. The summed E-state index contributed by atoms with van der Waals surface area (Å²) < 4.78 is 13.4. The number of nitro benzene ring substituents is 1. The molecule has 0 aliphatic heterocycles. The number of rotatable bonds is 6. The second-order valence-corrected chi connectivity index (χ2v) is 4.53. The van der Waals surface area contributed by atoms with Gasteiger partial charge in [0.25, 0.3) is 0 Å². The predicted octanol–water partition coefficient (Wildman–Crippen LogP) is 2.49. The maximum Gasteiger partial charge on any atom is 0.327 e. The molecular weight excluding hydrogens is 237 g/mol. The van der Waals surface area contributed by atoms with Gasteiger partial charge in [-0.1, -0.05) is 6.07 Å². The highest BCUT2D eigenvalue weighted by Gasteiger charge is 2.20. The van der Waals surface area contributed by atoms with Crippen LogP contribution in [0.2, 0.25) is 0 Å². The standard InChI is InChI=1S/C12H18FN3O2/c1-9(7-8-15(2)3)14-11-6-4-5-10(13)12(11)16(17)18/h4-6,9,14H,7-8H2,1-3H3. The van der Waals surface area contributed by atoms with E-state index in [1.165, 1.54) is 12.1 Å². The number of para-hydroxylation sites is 1. The van der Waals surface area contributed by atoms with Gasteiger partial charge in [-0.3, -0.25) is 10.1 Å². The Morgan fingerprint density at radius 3 is 2.72 bits per heavy atom. The van der Waals surface area contributed by atoms with Gasteiger partial charge in [0.2, 0.25) is 5.82 Å². The molecule has 0 amide bonds. The molecule has 100 valence electrons. The van der Waals surface area contributed by atoms with E-state index in [0.29, 0.717) is 0 Å². The van der Waals surface area contributed by atoms with Gasteiger partial charge in [0.05, 0.1) is 4.92 Å². The van der Waals surface area contributed by atoms with Crippen LogP contribution >= 0.6 is 0 Å². The lowest BCUT2D eigenvalue weighted by molar-refractivity contribution is -0.386. The van der Waals surface area contributed by atoms with Gasteiger partial charge in [0.15, 0.2) is 0 Å². The summed E-state index contributed by atoms with van der Waals surface area (Å²) in [6.45, 7) is 2.77. The van der Waals surface area contributed by atoms with Crippen molar-refractivity contribution in [1.82, 2.24) is 4.90 Å². The average molecular weight is 255 g/mol. The van der Waals surface area contributed by atoms with Crippen LogP contribution in [0.1, 0.15) is 13.3 Å². The van der Waals surface area contributed by atoms with Crippen LogP contribution in [0.3, 0.4) is 0 Å². The van der Waals surface area contributed by atoms with Crippen LogP contribution in [0.5, 0.6) is 0 Å². The SMILES string of the molecule is CC(CCN(C)C)Nc1cccc(F)c1[N+](=O)[O-]. The Hall–Kier alpha value is -1.69. The van der Waals surface area contributed by atoms with Gasteiger partial charge in [-0.25, -0.2) is 0 Å². The summed E-state index contributed by atoms with van der Waals surface area (Å²) in [6, 6.07) is 4.11. The Balaban J connectivity index is 2.78. The lowest BCUT2D eigenvalue weighted by atomic mass is 10.2. The third-order valence-corrected chi connectivity index (χ3v) is 2.58. The molecule has 1 aromatic carbocycles. The van der Waals surface area contributed by atoms with Crippen molar-refractivity contribution in [3.63, 3.8) is 0 Å². The fourth-order valence-corrected chi connectivity index (χ4v) is 1.61. The normalized spacial score (nSPS) is 12.5. The molecule has 18 heavy (non-hydrogen) atoms. The fourth-order valence-electron chi connectivity index (χ4n) is 1.61. The molecule has 1 atom stereocenters. The summed E-state index contributed by atoms with van der Waals surface area (Å²) >= 11 is 0. The number of hydrogen-bond acceptors (Lipinski definition) is 4. The molecular formula is C12H18FN3O2. The Bertz CT molecular complexity index is 424. The topological polar surface area (TPSA) is 58.4 Å². The zero-order valence-electron chi connectivity index (χ0n) is 10.8. The summed E-state index contributed by atoms with van der Waals surface area (Å²) in [6.07, 6.45) is 0.820. The van der Waals surface area contributed by atoms with Crippen LogP contribution in [0.4, 0.5) is 15.8 Å². The lowest BCUT2D eigenvalue weighted by Crippen LogP contribution is -2.23. The summed E-state index contributed by atoms with van der Waals surface area (Å²) in [5.41, 5.74) is -0.263. The minimum Gasteiger partial charge on any atom is -0.377 e. The molecule has 1 rings (SSSR count). The first-order valence-electron chi connectivity index (χ1n) is 5.76. The van der Waals surface area contributed by atoms with E-state index >= 15 is 0 Å². The van der Waals surface area contributed by atoms with E-state index in [1.807, 2.05) is 25.9 Å². The minimum absolute atomic E-state index is 0.0351. The Morgan fingerprint density at radius 2 is 2.17 bits per heavy atom. The Labute approximate surface area is 106 Å². The van der Waals surface area contributed by atoms with E-state index in [9.17, 15) is 14.5 Å². The molecule has 0 saturated carbocycles. The van der Waals surface area contributed by atoms with Crippen molar-refractivity contribution >= 4 is 11.4 Å². The minimum atomic E-state index is -0.815. The van der Waals surface area contributed by atoms with Gasteiger partial charge in [-0.05, 0) is 46.1 Å². The maximum absolute atomic E-state index is 13.4. The Morgan fingerprint density at radius 1 is 1.50 bits per heavy atom. The van der Waals surface area contributed by atoms with Crippen molar-refractivity contribution in [2.24, 2.45) is 0 Å².